The van der Waals surface area contributed by atoms with Crippen LogP contribution in [-0.2, 0) is 9.53 Å². The number of carbonyl (C=O) groups is 1. The van der Waals surface area contributed by atoms with Crippen LogP contribution in [0.5, 0.6) is 0 Å². The lowest BCUT2D eigenvalue weighted by atomic mass is 9.95. The van der Waals surface area contributed by atoms with Crippen molar-refractivity contribution in [2.24, 2.45) is 0 Å². The van der Waals surface area contributed by atoms with Gasteiger partial charge in [-0.2, -0.15) is 8.78 Å². The van der Waals surface area contributed by atoms with E-state index in [2.05, 4.69) is 26.0 Å². The van der Waals surface area contributed by atoms with Gasteiger partial charge in [-0.3, -0.25) is 4.79 Å². The van der Waals surface area contributed by atoms with Crippen molar-refractivity contribution < 1.29 is 23.4 Å². The summed E-state index contributed by atoms with van der Waals surface area (Å²) in [5, 5.41) is 12.2. The molecule has 1 aliphatic rings. The fourth-order valence-corrected chi connectivity index (χ4v) is 1.96. The Labute approximate surface area is 106 Å². The summed E-state index contributed by atoms with van der Waals surface area (Å²) < 4.78 is 30.8. The number of alkyl halides is 3. The minimum Gasteiger partial charge on any atom is -0.465 e. The molecule has 8 heteroatoms. The van der Waals surface area contributed by atoms with Crippen LogP contribution in [0, 0.1) is 0 Å². The maximum absolute atomic E-state index is 13.1. The molecule has 1 fully saturated rings. The van der Waals surface area contributed by atoms with E-state index in [1.54, 1.807) is 6.92 Å². The Morgan fingerprint density at radius 3 is 2.75 bits per heavy atom. The van der Waals surface area contributed by atoms with Crippen molar-refractivity contribution in [1.82, 2.24) is 5.32 Å². The van der Waals surface area contributed by atoms with E-state index in [0.29, 0.717) is 0 Å². The van der Waals surface area contributed by atoms with Gasteiger partial charge in [-0.15, -0.1) is 12.4 Å². The minimum atomic E-state index is -3.53. The van der Waals surface area contributed by atoms with Crippen molar-refractivity contribution >= 4 is 34.3 Å². The van der Waals surface area contributed by atoms with E-state index in [0.717, 1.165) is 0 Å². The molecule has 1 rings (SSSR count). The van der Waals surface area contributed by atoms with Gasteiger partial charge in [0.2, 0.25) is 0 Å². The molecule has 2 atom stereocenters. The molecule has 1 saturated heterocycles. The quantitative estimate of drug-likeness (QED) is 0.602. The summed E-state index contributed by atoms with van der Waals surface area (Å²) in [6, 6.07) is -1.40. The second-order valence-electron chi connectivity index (χ2n) is 3.31. The van der Waals surface area contributed by atoms with Crippen molar-refractivity contribution in [1.29, 1.82) is 0 Å². The number of halogens is 4. The normalized spacial score (nSPS) is 29.7. The fourth-order valence-electron chi connectivity index (χ4n) is 1.53. The highest BCUT2D eigenvalue weighted by Gasteiger charge is 2.61. The van der Waals surface area contributed by atoms with E-state index in [4.69, 9.17) is 0 Å². The molecule has 96 valence electrons. The summed E-state index contributed by atoms with van der Waals surface area (Å²) in [5.41, 5.74) is -2.43. The first kappa shape index (κ1) is 16.0. The lowest BCUT2D eigenvalue weighted by Crippen LogP contribution is -2.57. The molecule has 2 N–H and O–H groups in total. The van der Waals surface area contributed by atoms with E-state index in [1.807, 2.05) is 0 Å². The Bertz CT molecular complexity index is 264. The molecule has 0 unspecified atom stereocenters. The molecule has 0 aromatic rings. The lowest BCUT2D eigenvalue weighted by molar-refractivity contribution is -0.165. The van der Waals surface area contributed by atoms with Gasteiger partial charge >= 0.3 is 10.8 Å². The number of ether oxygens (including phenoxy) is 1. The fraction of sp³-hybridized carbons (Fsp3) is 0.875. The monoisotopic (exact) mass is 323 g/mol. The van der Waals surface area contributed by atoms with Gasteiger partial charge in [0.25, 0.3) is 0 Å². The minimum absolute atomic E-state index is 0. The van der Waals surface area contributed by atoms with Crippen molar-refractivity contribution in [2.75, 3.05) is 13.2 Å². The van der Waals surface area contributed by atoms with Crippen molar-refractivity contribution in [3.05, 3.63) is 0 Å². The maximum atomic E-state index is 13.1. The zero-order valence-corrected chi connectivity index (χ0v) is 10.9. The average molecular weight is 325 g/mol. The third-order valence-corrected chi connectivity index (χ3v) is 3.03. The van der Waals surface area contributed by atoms with Crippen molar-refractivity contribution in [3.63, 3.8) is 0 Å². The van der Waals surface area contributed by atoms with E-state index >= 15 is 0 Å². The Morgan fingerprint density at radius 1 is 1.75 bits per heavy atom. The molecule has 0 spiro atoms. The molecule has 1 heterocycles. The molecule has 0 radical (unpaired) electrons. The van der Waals surface area contributed by atoms with Gasteiger partial charge in [-0.1, -0.05) is 0 Å². The van der Waals surface area contributed by atoms with E-state index < -0.39 is 22.4 Å². The number of rotatable bonds is 3. The van der Waals surface area contributed by atoms with Crippen molar-refractivity contribution in [3.8, 4) is 0 Å². The first-order valence-electron chi connectivity index (χ1n) is 4.52. The molecule has 0 aromatic carbocycles. The van der Waals surface area contributed by atoms with E-state index in [-0.39, 0.29) is 32.0 Å². The molecule has 16 heavy (non-hydrogen) atoms. The third kappa shape index (κ3) is 2.82. The molecule has 4 nitrogen and oxygen atoms in total. The topological polar surface area (TPSA) is 58.6 Å². The molecule has 0 saturated carbocycles. The van der Waals surface area contributed by atoms with Crippen LogP contribution in [-0.4, -0.2) is 40.7 Å². The predicted molar refractivity (Wildman–Crippen MR) is 59.1 cm³/mol. The Balaban J connectivity index is 0.00000225. The van der Waals surface area contributed by atoms with Crippen molar-refractivity contribution in [2.45, 2.75) is 29.8 Å². The molecule has 1 aliphatic heterocycles. The number of hydrogen-bond donors (Lipinski definition) is 2. The number of hydrogen-bond acceptors (Lipinski definition) is 4. The number of esters is 1. The predicted octanol–water partition coefficient (Wildman–Crippen LogP) is 1.05. The third-order valence-electron chi connectivity index (χ3n) is 2.35. The molecule has 0 bridgehead atoms. The highest BCUT2D eigenvalue weighted by Crippen LogP contribution is 2.42. The Morgan fingerprint density at radius 2 is 2.31 bits per heavy atom. The zero-order chi connectivity index (χ0) is 11.7. The lowest BCUT2D eigenvalue weighted by Gasteiger charge is -2.31. The maximum Gasteiger partial charge on any atom is 0.331 e. The largest absolute Gasteiger partial charge is 0.465 e. The van der Waals surface area contributed by atoms with Crippen LogP contribution in [0.2, 0.25) is 0 Å². The summed E-state index contributed by atoms with van der Waals surface area (Å²) in [6.45, 7) is 1.79. The van der Waals surface area contributed by atoms with E-state index in [9.17, 15) is 18.7 Å². The summed E-state index contributed by atoms with van der Waals surface area (Å²) in [4.78, 5) is 7.78. The van der Waals surface area contributed by atoms with Gasteiger partial charge in [0.15, 0.2) is 5.60 Å². The van der Waals surface area contributed by atoms with Gasteiger partial charge < -0.3 is 15.2 Å². The number of nitrogens with one attached hydrogen (secondary N) is 1. The van der Waals surface area contributed by atoms with Gasteiger partial charge in [0.05, 0.1) is 6.61 Å². The summed E-state index contributed by atoms with van der Waals surface area (Å²) in [6.07, 6.45) is -0.214. The molecular formula is C8H13BrClF2NO3. The van der Waals surface area contributed by atoms with Crippen LogP contribution in [0.3, 0.4) is 0 Å². The van der Waals surface area contributed by atoms with Crippen LogP contribution < -0.4 is 5.32 Å². The average Bonchev–Trinajstić information content (AvgIpc) is 2.48. The standard InChI is InChI=1S/C8H12BrF2NO3.ClH/c1-2-15-6(13)5-7(14,3-4-12-5)8(9,10)11;/h5,12,14H,2-4H2,1H3;1H/t5-,7+;/m1./s1. The summed E-state index contributed by atoms with van der Waals surface area (Å²) in [5.74, 6) is -0.864. The number of aliphatic hydroxyl groups is 1. The van der Waals surface area contributed by atoms with Crippen LogP contribution in [0.15, 0.2) is 0 Å². The Kier molecular flexibility index (Phi) is 5.58. The highest BCUT2D eigenvalue weighted by atomic mass is 79.9. The van der Waals surface area contributed by atoms with Crippen LogP contribution >= 0.6 is 28.3 Å². The number of carbonyl (C=O) groups excluding carboxylic acids is 1. The van der Waals surface area contributed by atoms with Crippen LogP contribution in [0.1, 0.15) is 13.3 Å². The summed E-state index contributed by atoms with van der Waals surface area (Å²) >= 11 is 2.09. The zero-order valence-electron chi connectivity index (χ0n) is 8.50. The smallest absolute Gasteiger partial charge is 0.331 e. The van der Waals surface area contributed by atoms with Crippen LogP contribution in [0.4, 0.5) is 8.78 Å². The first-order valence-corrected chi connectivity index (χ1v) is 5.31. The van der Waals surface area contributed by atoms with Gasteiger partial charge in [-0.05, 0) is 35.8 Å². The molecule has 0 aromatic heterocycles. The van der Waals surface area contributed by atoms with E-state index in [1.165, 1.54) is 0 Å². The first-order chi connectivity index (χ1) is 6.83. The second kappa shape index (κ2) is 5.57. The molecular weight excluding hydrogens is 311 g/mol. The summed E-state index contributed by atoms with van der Waals surface area (Å²) in [7, 11) is 0. The SMILES string of the molecule is CCOC(=O)[C@H]1NCC[C@@]1(O)C(F)(F)Br.Cl. The van der Waals surface area contributed by atoms with Gasteiger partial charge in [0, 0.05) is 0 Å². The second-order valence-corrected chi connectivity index (χ2v) is 4.31. The van der Waals surface area contributed by atoms with Gasteiger partial charge in [-0.25, -0.2) is 0 Å². The highest BCUT2D eigenvalue weighted by molar-refractivity contribution is 9.10. The van der Waals surface area contributed by atoms with Crippen LogP contribution in [0.25, 0.3) is 0 Å². The molecule has 0 amide bonds. The molecule has 0 aliphatic carbocycles. The van der Waals surface area contributed by atoms with Gasteiger partial charge in [0.1, 0.15) is 6.04 Å². The Hall–Kier alpha value is 0.0200.